The minimum Gasteiger partial charge on any atom is -0.507 e. The van der Waals surface area contributed by atoms with Crippen molar-refractivity contribution in [1.82, 2.24) is 5.16 Å². The van der Waals surface area contributed by atoms with E-state index in [9.17, 15) is 19.5 Å². The highest BCUT2D eigenvalue weighted by atomic mass is 79.9. The average molecular weight is 497 g/mol. The maximum absolute atomic E-state index is 13.0. The zero-order chi connectivity index (χ0) is 23.0. The molecular weight excluding hydrogens is 480 g/mol. The topological polar surface area (TPSA) is 110 Å². The third kappa shape index (κ3) is 3.71. The molecule has 1 aromatic heterocycles. The van der Waals surface area contributed by atoms with Gasteiger partial charge >= 0.3 is 11.9 Å². The normalized spacial score (nSPS) is 17.6. The second kappa shape index (κ2) is 8.43. The highest BCUT2D eigenvalue weighted by Gasteiger charge is 2.48. The summed E-state index contributed by atoms with van der Waals surface area (Å²) in [6.07, 6.45) is 0. The lowest BCUT2D eigenvalue weighted by molar-refractivity contribution is -0.132. The predicted octanol–water partition coefficient (Wildman–Crippen LogP) is 4.16. The number of ether oxygens (including phenoxy) is 1. The van der Waals surface area contributed by atoms with Crippen LogP contribution in [0.3, 0.4) is 0 Å². The molecule has 32 heavy (non-hydrogen) atoms. The summed E-state index contributed by atoms with van der Waals surface area (Å²) < 4.78 is 10.6. The number of aliphatic hydroxyl groups excluding tert-OH is 1. The molecule has 1 aliphatic rings. The number of aromatic nitrogens is 1. The van der Waals surface area contributed by atoms with Crippen LogP contribution in [0.4, 0.5) is 5.82 Å². The van der Waals surface area contributed by atoms with E-state index in [1.165, 1.54) is 30.2 Å². The van der Waals surface area contributed by atoms with Gasteiger partial charge in [0.1, 0.15) is 11.5 Å². The van der Waals surface area contributed by atoms with Gasteiger partial charge in [-0.3, -0.25) is 14.5 Å². The number of carbonyl (C=O) groups is 3. The molecule has 1 saturated heterocycles. The number of halogens is 1. The number of hydrogen-bond acceptors (Lipinski definition) is 7. The lowest BCUT2D eigenvalue weighted by atomic mass is 9.94. The van der Waals surface area contributed by atoms with Crippen molar-refractivity contribution in [3.05, 3.63) is 87.1 Å². The molecule has 2 aromatic carbocycles. The molecule has 1 atom stereocenters. The summed E-state index contributed by atoms with van der Waals surface area (Å²) in [5.74, 6) is -1.95. The fourth-order valence-corrected chi connectivity index (χ4v) is 3.80. The van der Waals surface area contributed by atoms with Crippen molar-refractivity contribution in [2.24, 2.45) is 0 Å². The van der Waals surface area contributed by atoms with Crippen molar-refractivity contribution < 1.29 is 28.8 Å². The Bertz CT molecular complexity index is 1240. The number of ketones is 1. The number of Topliss-reactive ketones (excluding diaryl/α,β-unsaturated/α-hetero) is 1. The number of methoxy groups -OCH3 is 1. The van der Waals surface area contributed by atoms with E-state index in [0.717, 1.165) is 4.47 Å². The van der Waals surface area contributed by atoms with Crippen LogP contribution in [0.25, 0.3) is 5.76 Å². The van der Waals surface area contributed by atoms with Crippen molar-refractivity contribution in [2.45, 2.75) is 13.0 Å². The Balaban J connectivity index is 1.90. The smallest absolute Gasteiger partial charge is 0.337 e. The molecule has 2 heterocycles. The standard InChI is InChI=1S/C23H17BrN2O6/c1-12-11-17(25-32-12)26-19(13-3-5-15(6-4-13)23(30)31-2)18(21(28)22(26)29)20(27)14-7-9-16(24)10-8-14/h3-11,19,27H,1-2H3/b20-18+/t19-/m1/s1. The number of aryl methyl sites for hydroxylation is 1. The Labute approximate surface area is 191 Å². The van der Waals surface area contributed by atoms with E-state index < -0.39 is 23.7 Å². The van der Waals surface area contributed by atoms with E-state index in [-0.39, 0.29) is 17.2 Å². The van der Waals surface area contributed by atoms with E-state index in [4.69, 9.17) is 9.26 Å². The lowest BCUT2D eigenvalue weighted by Crippen LogP contribution is -2.29. The molecule has 1 N–H and O–H groups in total. The zero-order valence-corrected chi connectivity index (χ0v) is 18.6. The van der Waals surface area contributed by atoms with Gasteiger partial charge in [0.25, 0.3) is 5.78 Å². The summed E-state index contributed by atoms with van der Waals surface area (Å²) in [4.78, 5) is 39.0. The highest BCUT2D eigenvalue weighted by Crippen LogP contribution is 2.42. The lowest BCUT2D eigenvalue weighted by Gasteiger charge is -2.23. The van der Waals surface area contributed by atoms with Crippen molar-refractivity contribution in [1.29, 1.82) is 0 Å². The van der Waals surface area contributed by atoms with Crippen LogP contribution in [0.5, 0.6) is 0 Å². The zero-order valence-electron chi connectivity index (χ0n) is 17.0. The maximum atomic E-state index is 13.0. The number of nitrogens with zero attached hydrogens (tertiary/aromatic N) is 2. The molecule has 1 aliphatic heterocycles. The Hall–Kier alpha value is -3.72. The monoisotopic (exact) mass is 496 g/mol. The SMILES string of the molecule is COC(=O)c1ccc([C@@H]2/C(=C(\O)c3ccc(Br)cc3)C(=O)C(=O)N2c2cc(C)on2)cc1. The van der Waals surface area contributed by atoms with Crippen LogP contribution in [0.1, 0.15) is 33.3 Å². The Morgan fingerprint density at radius 3 is 2.28 bits per heavy atom. The molecule has 4 rings (SSSR count). The third-order valence-electron chi connectivity index (χ3n) is 5.07. The molecule has 0 bridgehead atoms. The van der Waals surface area contributed by atoms with Gasteiger partial charge in [-0.2, -0.15) is 0 Å². The van der Waals surface area contributed by atoms with Gasteiger partial charge in [0.05, 0.1) is 24.3 Å². The number of aliphatic hydroxyl groups is 1. The average Bonchev–Trinajstić information content (AvgIpc) is 3.34. The van der Waals surface area contributed by atoms with Gasteiger partial charge in [0, 0.05) is 16.1 Å². The fraction of sp³-hybridized carbons (Fsp3) is 0.130. The van der Waals surface area contributed by atoms with Crippen molar-refractivity contribution in [3.63, 3.8) is 0 Å². The molecule has 162 valence electrons. The Morgan fingerprint density at radius 2 is 1.72 bits per heavy atom. The first-order chi connectivity index (χ1) is 15.3. The van der Waals surface area contributed by atoms with E-state index in [1.54, 1.807) is 43.3 Å². The second-order valence-electron chi connectivity index (χ2n) is 7.09. The number of amides is 1. The van der Waals surface area contributed by atoms with Crippen LogP contribution in [-0.2, 0) is 14.3 Å². The molecular formula is C23H17BrN2O6. The maximum Gasteiger partial charge on any atom is 0.337 e. The first-order valence-corrected chi connectivity index (χ1v) is 10.3. The molecule has 3 aromatic rings. The van der Waals surface area contributed by atoms with Crippen LogP contribution < -0.4 is 4.90 Å². The van der Waals surface area contributed by atoms with Crippen LogP contribution in [-0.4, -0.2) is 35.0 Å². The number of rotatable bonds is 4. The second-order valence-corrected chi connectivity index (χ2v) is 8.00. The van der Waals surface area contributed by atoms with Crippen molar-refractivity contribution >= 4 is 45.2 Å². The summed E-state index contributed by atoms with van der Waals surface area (Å²) >= 11 is 3.33. The summed E-state index contributed by atoms with van der Waals surface area (Å²) in [7, 11) is 1.27. The van der Waals surface area contributed by atoms with Gasteiger partial charge in [-0.05, 0) is 36.8 Å². The largest absolute Gasteiger partial charge is 0.507 e. The van der Waals surface area contributed by atoms with Gasteiger partial charge in [-0.25, -0.2) is 4.79 Å². The summed E-state index contributed by atoms with van der Waals surface area (Å²) in [5.41, 5.74) is 1.08. The third-order valence-corrected chi connectivity index (χ3v) is 5.60. The van der Waals surface area contributed by atoms with Crippen molar-refractivity contribution in [3.8, 4) is 0 Å². The number of esters is 1. The van der Waals surface area contributed by atoms with Gasteiger partial charge in [-0.15, -0.1) is 0 Å². The molecule has 1 fully saturated rings. The van der Waals surface area contributed by atoms with Gasteiger partial charge in [0.15, 0.2) is 5.82 Å². The van der Waals surface area contributed by atoms with Gasteiger partial charge in [-0.1, -0.05) is 45.4 Å². The van der Waals surface area contributed by atoms with E-state index >= 15 is 0 Å². The molecule has 0 saturated carbocycles. The summed E-state index contributed by atoms with van der Waals surface area (Å²) in [5, 5.41) is 14.9. The van der Waals surface area contributed by atoms with Crippen LogP contribution in [0.2, 0.25) is 0 Å². The Morgan fingerprint density at radius 1 is 1.09 bits per heavy atom. The predicted molar refractivity (Wildman–Crippen MR) is 118 cm³/mol. The molecule has 0 spiro atoms. The molecule has 0 radical (unpaired) electrons. The van der Waals surface area contributed by atoms with E-state index in [1.807, 2.05) is 0 Å². The molecule has 8 nitrogen and oxygen atoms in total. The fourth-order valence-electron chi connectivity index (χ4n) is 3.53. The Kier molecular flexibility index (Phi) is 5.67. The number of hydrogen-bond donors (Lipinski definition) is 1. The van der Waals surface area contributed by atoms with E-state index in [0.29, 0.717) is 22.5 Å². The molecule has 0 unspecified atom stereocenters. The number of carbonyl (C=O) groups excluding carboxylic acids is 3. The first-order valence-electron chi connectivity index (χ1n) is 9.50. The van der Waals surface area contributed by atoms with Crippen LogP contribution in [0, 0.1) is 6.92 Å². The molecule has 0 aliphatic carbocycles. The number of anilines is 1. The minimum atomic E-state index is -0.977. The number of benzene rings is 2. The summed E-state index contributed by atoms with van der Waals surface area (Å²) in [6.45, 7) is 1.66. The summed E-state index contributed by atoms with van der Waals surface area (Å²) in [6, 6.07) is 13.5. The van der Waals surface area contributed by atoms with Gasteiger partial charge in [0.2, 0.25) is 0 Å². The van der Waals surface area contributed by atoms with E-state index in [2.05, 4.69) is 21.1 Å². The van der Waals surface area contributed by atoms with Crippen LogP contribution in [0.15, 0.2) is 69.2 Å². The van der Waals surface area contributed by atoms with Gasteiger partial charge < -0.3 is 14.4 Å². The molecule has 9 heteroatoms. The first kappa shape index (κ1) is 21.5. The van der Waals surface area contributed by atoms with Crippen LogP contribution >= 0.6 is 15.9 Å². The highest BCUT2D eigenvalue weighted by molar-refractivity contribution is 9.10. The molecule has 1 amide bonds. The van der Waals surface area contributed by atoms with Crippen molar-refractivity contribution in [2.75, 3.05) is 12.0 Å². The quantitative estimate of drug-likeness (QED) is 0.250. The minimum absolute atomic E-state index is 0.0937.